The van der Waals surface area contributed by atoms with Crippen molar-refractivity contribution < 1.29 is 23.8 Å². The zero-order valence-electron chi connectivity index (χ0n) is 18.6. The zero-order valence-corrected chi connectivity index (χ0v) is 21.0. The molecule has 0 saturated heterocycles. The number of hydrazine groups is 1. The molecule has 0 spiro atoms. The second kappa shape index (κ2) is 12.3. The van der Waals surface area contributed by atoms with Gasteiger partial charge in [0.1, 0.15) is 18.1 Å². The highest BCUT2D eigenvalue weighted by molar-refractivity contribution is 9.10. The lowest BCUT2D eigenvalue weighted by Gasteiger charge is -2.17. The summed E-state index contributed by atoms with van der Waals surface area (Å²) in [5, 5.41) is 4.51. The summed E-state index contributed by atoms with van der Waals surface area (Å²) in [5.41, 5.74) is 5.22. The van der Waals surface area contributed by atoms with Crippen molar-refractivity contribution in [2.75, 3.05) is 20.3 Å². The first-order chi connectivity index (χ1) is 16.4. The molecule has 10 heteroatoms. The third-order valence-corrected chi connectivity index (χ3v) is 5.36. The highest BCUT2D eigenvalue weighted by atomic mass is 79.9. The molecule has 0 aliphatic rings. The molecule has 0 aliphatic heterocycles. The molecule has 0 radical (unpaired) electrons. The number of ether oxygens (including phenoxy) is 3. The molecule has 0 fully saturated rings. The topological polar surface area (TPSA) is 97.9 Å². The van der Waals surface area contributed by atoms with E-state index in [0.29, 0.717) is 22.6 Å². The Morgan fingerprint density at radius 2 is 1.76 bits per heavy atom. The van der Waals surface area contributed by atoms with Gasteiger partial charge in [-0.3, -0.25) is 25.8 Å². The van der Waals surface area contributed by atoms with Gasteiger partial charge >= 0.3 is 0 Å². The number of benzene rings is 3. The van der Waals surface area contributed by atoms with Crippen molar-refractivity contribution in [1.29, 1.82) is 0 Å². The predicted octanol–water partition coefficient (Wildman–Crippen LogP) is 3.73. The maximum Gasteiger partial charge on any atom is 0.279 e. The second-order valence-electron chi connectivity index (χ2n) is 7.15. The largest absolute Gasteiger partial charge is 0.490 e. The smallest absolute Gasteiger partial charge is 0.279 e. The number of fused-ring (bicyclic) bond motifs is 1. The van der Waals surface area contributed by atoms with Gasteiger partial charge in [0.2, 0.25) is 0 Å². The SMILES string of the molecule is COCCOc1ccc(Br)cc1C(=O)NC(=S)NNC(=O)C(C)Oc1ccc2ccccc2c1. The van der Waals surface area contributed by atoms with E-state index in [1.165, 1.54) is 0 Å². The van der Waals surface area contributed by atoms with Gasteiger partial charge in [0.15, 0.2) is 11.2 Å². The Hall–Kier alpha value is -3.21. The summed E-state index contributed by atoms with van der Waals surface area (Å²) >= 11 is 8.47. The molecule has 3 aromatic carbocycles. The predicted molar refractivity (Wildman–Crippen MR) is 137 cm³/mol. The van der Waals surface area contributed by atoms with E-state index in [4.69, 9.17) is 26.4 Å². The van der Waals surface area contributed by atoms with Crippen LogP contribution in [0.25, 0.3) is 10.8 Å². The summed E-state index contributed by atoms with van der Waals surface area (Å²) in [7, 11) is 1.56. The second-order valence-corrected chi connectivity index (χ2v) is 8.47. The maximum atomic E-state index is 12.7. The van der Waals surface area contributed by atoms with Crippen molar-refractivity contribution in [1.82, 2.24) is 16.2 Å². The van der Waals surface area contributed by atoms with Crippen LogP contribution in [0.4, 0.5) is 0 Å². The fourth-order valence-corrected chi connectivity index (χ4v) is 3.47. The summed E-state index contributed by atoms with van der Waals surface area (Å²) in [6.07, 6.45) is -0.807. The van der Waals surface area contributed by atoms with E-state index >= 15 is 0 Å². The normalized spacial score (nSPS) is 11.4. The minimum Gasteiger partial charge on any atom is -0.490 e. The van der Waals surface area contributed by atoms with Gasteiger partial charge in [-0.25, -0.2) is 0 Å². The number of thiocarbonyl (C=S) groups is 1. The molecular weight excluding hydrogens is 522 g/mol. The number of amides is 2. The van der Waals surface area contributed by atoms with Crippen LogP contribution in [0.5, 0.6) is 11.5 Å². The fraction of sp³-hybridized carbons (Fsp3) is 0.208. The summed E-state index contributed by atoms with van der Waals surface area (Å²) in [6, 6.07) is 18.5. The number of methoxy groups -OCH3 is 1. The van der Waals surface area contributed by atoms with Gasteiger partial charge in [-0.2, -0.15) is 0 Å². The molecule has 0 bridgehead atoms. The van der Waals surface area contributed by atoms with Gasteiger partial charge in [-0.1, -0.05) is 46.3 Å². The van der Waals surface area contributed by atoms with Crippen LogP contribution in [0.2, 0.25) is 0 Å². The van der Waals surface area contributed by atoms with Crippen molar-refractivity contribution in [2.24, 2.45) is 0 Å². The maximum absolute atomic E-state index is 12.7. The number of hydrogen-bond donors (Lipinski definition) is 3. The Kier molecular flexibility index (Phi) is 9.20. The molecule has 0 heterocycles. The minimum absolute atomic E-state index is 0.0842. The molecule has 1 unspecified atom stereocenters. The van der Waals surface area contributed by atoms with Crippen LogP contribution in [-0.4, -0.2) is 43.4 Å². The van der Waals surface area contributed by atoms with Crippen LogP contribution in [0.1, 0.15) is 17.3 Å². The van der Waals surface area contributed by atoms with Gasteiger partial charge < -0.3 is 14.2 Å². The number of halogens is 1. The molecule has 3 aromatic rings. The van der Waals surface area contributed by atoms with Crippen LogP contribution in [0.15, 0.2) is 65.1 Å². The lowest BCUT2D eigenvalue weighted by molar-refractivity contribution is -0.127. The van der Waals surface area contributed by atoms with Crippen molar-refractivity contribution in [3.63, 3.8) is 0 Å². The molecule has 34 heavy (non-hydrogen) atoms. The van der Waals surface area contributed by atoms with Crippen molar-refractivity contribution in [3.8, 4) is 11.5 Å². The molecule has 3 N–H and O–H groups in total. The summed E-state index contributed by atoms with van der Waals surface area (Å²) in [5.74, 6) is -0.0217. The number of carbonyl (C=O) groups is 2. The van der Waals surface area contributed by atoms with Crippen LogP contribution < -0.4 is 25.6 Å². The lowest BCUT2D eigenvalue weighted by atomic mass is 10.1. The van der Waals surface area contributed by atoms with E-state index in [1.54, 1.807) is 38.3 Å². The van der Waals surface area contributed by atoms with E-state index in [9.17, 15) is 9.59 Å². The van der Waals surface area contributed by atoms with E-state index in [1.807, 2.05) is 36.4 Å². The van der Waals surface area contributed by atoms with Gasteiger partial charge in [-0.05, 0) is 60.2 Å². The van der Waals surface area contributed by atoms with Crippen LogP contribution in [0, 0.1) is 0 Å². The Morgan fingerprint density at radius 3 is 2.53 bits per heavy atom. The average Bonchev–Trinajstić information content (AvgIpc) is 2.83. The first-order valence-electron chi connectivity index (χ1n) is 10.4. The molecule has 3 rings (SSSR count). The Morgan fingerprint density at radius 1 is 1.00 bits per heavy atom. The molecule has 2 amide bonds. The van der Waals surface area contributed by atoms with Crippen molar-refractivity contribution in [2.45, 2.75) is 13.0 Å². The van der Waals surface area contributed by atoms with E-state index < -0.39 is 17.9 Å². The molecule has 0 aromatic heterocycles. The van der Waals surface area contributed by atoms with E-state index in [0.717, 1.165) is 10.8 Å². The monoisotopic (exact) mass is 545 g/mol. The van der Waals surface area contributed by atoms with Crippen molar-refractivity contribution >= 4 is 55.8 Å². The van der Waals surface area contributed by atoms with E-state index in [-0.39, 0.29) is 17.3 Å². The van der Waals surface area contributed by atoms with E-state index in [2.05, 4.69) is 32.1 Å². The third-order valence-electron chi connectivity index (χ3n) is 4.66. The highest BCUT2D eigenvalue weighted by Gasteiger charge is 2.17. The number of rotatable bonds is 8. The standard InChI is InChI=1S/C24H24BrN3O5S/c1-15(33-19-9-7-16-5-3-4-6-17(16)13-19)22(29)27-28-24(34)26-23(30)20-14-18(25)8-10-21(20)32-12-11-31-2/h3-10,13-15H,11-12H2,1-2H3,(H,27,29)(H2,26,28,30,34). The highest BCUT2D eigenvalue weighted by Crippen LogP contribution is 2.23. The number of nitrogens with one attached hydrogen (secondary N) is 3. The third kappa shape index (κ3) is 7.14. The van der Waals surface area contributed by atoms with Gasteiger partial charge in [0, 0.05) is 11.6 Å². The number of carbonyl (C=O) groups excluding carboxylic acids is 2. The summed E-state index contributed by atoms with van der Waals surface area (Å²) in [4.78, 5) is 25.1. The molecule has 1 atom stereocenters. The molecule has 178 valence electrons. The lowest BCUT2D eigenvalue weighted by Crippen LogP contribution is -2.51. The van der Waals surface area contributed by atoms with Crippen molar-refractivity contribution in [3.05, 3.63) is 70.7 Å². The first kappa shape index (κ1) is 25.4. The van der Waals surface area contributed by atoms with Crippen LogP contribution >= 0.6 is 28.1 Å². The zero-order chi connectivity index (χ0) is 24.5. The van der Waals surface area contributed by atoms with Gasteiger partial charge in [-0.15, -0.1) is 0 Å². The average molecular weight is 546 g/mol. The Balaban J connectivity index is 1.52. The first-order valence-corrected chi connectivity index (χ1v) is 11.6. The molecule has 0 saturated carbocycles. The Bertz CT molecular complexity index is 1190. The van der Waals surface area contributed by atoms with Crippen LogP contribution in [-0.2, 0) is 9.53 Å². The number of hydrogen-bond acceptors (Lipinski definition) is 6. The molecule has 0 aliphatic carbocycles. The van der Waals surface area contributed by atoms with Crippen LogP contribution in [0.3, 0.4) is 0 Å². The van der Waals surface area contributed by atoms with Gasteiger partial charge in [0.05, 0.1) is 12.2 Å². The molecule has 8 nitrogen and oxygen atoms in total. The fourth-order valence-electron chi connectivity index (χ4n) is 2.96. The summed E-state index contributed by atoms with van der Waals surface area (Å²) < 4.78 is 17.0. The summed E-state index contributed by atoms with van der Waals surface area (Å²) in [6.45, 7) is 2.27. The van der Waals surface area contributed by atoms with Gasteiger partial charge in [0.25, 0.3) is 11.8 Å². The molecular formula is C24H24BrN3O5S. The minimum atomic E-state index is -0.807. The Labute approximate surface area is 211 Å². The quantitative estimate of drug-likeness (QED) is 0.225.